The monoisotopic (exact) mass is 356 g/mol. The maximum absolute atomic E-state index is 14.0. The first-order valence-electron chi connectivity index (χ1n) is 7.30. The van der Waals surface area contributed by atoms with Gasteiger partial charge in [-0.3, -0.25) is 0 Å². The van der Waals surface area contributed by atoms with Crippen molar-refractivity contribution in [1.29, 1.82) is 0 Å². The van der Waals surface area contributed by atoms with Gasteiger partial charge in [0.25, 0.3) is 0 Å². The summed E-state index contributed by atoms with van der Waals surface area (Å²) in [6.45, 7) is 0. The molecule has 0 spiro atoms. The number of hydrogen-bond donors (Lipinski definition) is 2. The highest BCUT2D eigenvalue weighted by molar-refractivity contribution is 7.18. The van der Waals surface area contributed by atoms with Gasteiger partial charge < -0.3 is 10.4 Å². The Morgan fingerprint density at radius 1 is 1.12 bits per heavy atom. The molecule has 25 heavy (non-hydrogen) atoms. The molecule has 0 amide bonds. The number of carboxylic acids is 1. The van der Waals surface area contributed by atoms with E-state index in [1.165, 1.54) is 35.6 Å². The van der Waals surface area contributed by atoms with E-state index in [4.69, 9.17) is 5.11 Å². The first kappa shape index (κ1) is 15.5. The molecule has 0 unspecified atom stereocenters. The number of fused-ring (bicyclic) bond motifs is 3. The van der Waals surface area contributed by atoms with Gasteiger partial charge in [0.15, 0.2) is 11.6 Å². The van der Waals surface area contributed by atoms with Crippen LogP contribution in [0.15, 0.2) is 47.8 Å². The van der Waals surface area contributed by atoms with Gasteiger partial charge in [0, 0.05) is 15.5 Å². The highest BCUT2D eigenvalue weighted by atomic mass is 32.1. The Hall–Kier alpha value is -3.06. The Morgan fingerprint density at radius 2 is 1.96 bits per heavy atom. The zero-order valence-electron chi connectivity index (χ0n) is 12.6. The van der Waals surface area contributed by atoms with Crippen LogP contribution in [0.3, 0.4) is 0 Å². The van der Waals surface area contributed by atoms with E-state index in [9.17, 15) is 13.6 Å². The third-order valence-corrected chi connectivity index (χ3v) is 4.79. The van der Waals surface area contributed by atoms with Gasteiger partial charge in [-0.15, -0.1) is 11.3 Å². The van der Waals surface area contributed by atoms with Gasteiger partial charge in [0.2, 0.25) is 0 Å². The minimum atomic E-state index is -1.05. The molecule has 4 nitrogen and oxygen atoms in total. The number of thiophene rings is 1. The predicted molar refractivity (Wildman–Crippen MR) is 93.7 cm³/mol. The number of hydrogen-bond acceptors (Lipinski definition) is 4. The number of carboxylic acid groups (broad SMARTS) is 1. The van der Waals surface area contributed by atoms with Gasteiger partial charge in [0.05, 0.1) is 16.8 Å². The van der Waals surface area contributed by atoms with Crippen molar-refractivity contribution in [1.82, 2.24) is 4.98 Å². The first-order valence-corrected chi connectivity index (χ1v) is 8.18. The summed E-state index contributed by atoms with van der Waals surface area (Å²) in [5.41, 5.74) is 0.543. The van der Waals surface area contributed by atoms with Crippen molar-refractivity contribution in [2.45, 2.75) is 0 Å². The van der Waals surface area contributed by atoms with Crippen molar-refractivity contribution in [3.8, 4) is 0 Å². The quantitative estimate of drug-likeness (QED) is 0.532. The minimum absolute atomic E-state index is 0.0336. The van der Waals surface area contributed by atoms with Crippen LogP contribution in [-0.2, 0) is 0 Å². The summed E-state index contributed by atoms with van der Waals surface area (Å²) < 4.78 is 28.3. The molecule has 0 fully saturated rings. The number of carbonyl (C=O) groups is 1. The van der Waals surface area contributed by atoms with Crippen molar-refractivity contribution in [2.75, 3.05) is 5.32 Å². The van der Waals surface area contributed by atoms with Crippen molar-refractivity contribution in [2.24, 2.45) is 0 Å². The number of aromatic carboxylic acids is 1. The minimum Gasteiger partial charge on any atom is -0.478 e. The molecule has 0 aliphatic carbocycles. The van der Waals surface area contributed by atoms with Gasteiger partial charge in [-0.25, -0.2) is 18.6 Å². The second-order valence-corrected chi connectivity index (χ2v) is 6.30. The average molecular weight is 356 g/mol. The Bertz CT molecular complexity index is 1140. The van der Waals surface area contributed by atoms with Crippen LogP contribution >= 0.6 is 11.3 Å². The van der Waals surface area contributed by atoms with E-state index in [1.54, 1.807) is 6.07 Å². The van der Waals surface area contributed by atoms with Crippen LogP contribution in [0.5, 0.6) is 0 Å². The lowest BCUT2D eigenvalue weighted by atomic mass is 10.1. The SMILES string of the molecule is O=C(O)c1ccc2c(c1)nc(Nc1cccc(F)c1F)c1ccsc12. The zero-order valence-corrected chi connectivity index (χ0v) is 13.4. The Kier molecular flexibility index (Phi) is 3.58. The van der Waals surface area contributed by atoms with E-state index < -0.39 is 17.6 Å². The molecule has 2 heterocycles. The molecule has 0 radical (unpaired) electrons. The maximum Gasteiger partial charge on any atom is 0.335 e. The van der Waals surface area contributed by atoms with E-state index >= 15 is 0 Å². The van der Waals surface area contributed by atoms with E-state index in [0.29, 0.717) is 11.3 Å². The van der Waals surface area contributed by atoms with Gasteiger partial charge in [-0.2, -0.15) is 0 Å². The van der Waals surface area contributed by atoms with E-state index in [-0.39, 0.29) is 11.3 Å². The molecule has 2 aromatic carbocycles. The topological polar surface area (TPSA) is 62.2 Å². The molecule has 4 aromatic rings. The van der Waals surface area contributed by atoms with Gasteiger partial charge >= 0.3 is 5.97 Å². The summed E-state index contributed by atoms with van der Waals surface area (Å²) in [6, 6.07) is 10.4. The summed E-state index contributed by atoms with van der Waals surface area (Å²) in [4.78, 5) is 15.6. The van der Waals surface area contributed by atoms with Crippen molar-refractivity contribution < 1.29 is 18.7 Å². The molecule has 0 bridgehead atoms. The highest BCUT2D eigenvalue weighted by Crippen LogP contribution is 2.35. The lowest BCUT2D eigenvalue weighted by Gasteiger charge is -2.10. The molecule has 2 N–H and O–H groups in total. The lowest BCUT2D eigenvalue weighted by Crippen LogP contribution is -2.00. The standard InChI is InChI=1S/C18H10F2N2O2S/c19-12-2-1-3-13(15(12)20)21-17-11-6-7-25-16(11)10-5-4-9(18(23)24)8-14(10)22-17/h1-8H,(H,21,22)(H,23,24). The second-order valence-electron chi connectivity index (χ2n) is 5.39. The molecule has 0 aliphatic rings. The summed E-state index contributed by atoms with van der Waals surface area (Å²) in [5, 5.41) is 15.4. The average Bonchev–Trinajstić information content (AvgIpc) is 3.08. The number of nitrogens with one attached hydrogen (secondary N) is 1. The largest absolute Gasteiger partial charge is 0.478 e. The predicted octanol–water partition coefficient (Wildman–Crippen LogP) is 5.17. The van der Waals surface area contributed by atoms with Crippen LogP contribution in [0.2, 0.25) is 0 Å². The summed E-state index contributed by atoms with van der Waals surface area (Å²) in [5.74, 6) is -2.66. The van der Waals surface area contributed by atoms with Gasteiger partial charge in [0.1, 0.15) is 5.82 Å². The van der Waals surface area contributed by atoms with E-state index in [1.807, 2.05) is 11.4 Å². The number of pyridine rings is 1. The number of benzene rings is 2. The molecular weight excluding hydrogens is 346 g/mol. The molecule has 4 rings (SSSR count). The Balaban J connectivity index is 1.93. The summed E-state index contributed by atoms with van der Waals surface area (Å²) in [7, 11) is 0. The van der Waals surface area contributed by atoms with Crippen LogP contribution in [0.4, 0.5) is 20.3 Å². The lowest BCUT2D eigenvalue weighted by molar-refractivity contribution is 0.0697. The number of nitrogens with zero attached hydrogens (tertiary/aromatic N) is 1. The Morgan fingerprint density at radius 3 is 2.76 bits per heavy atom. The first-order chi connectivity index (χ1) is 12.0. The summed E-state index contributed by atoms with van der Waals surface area (Å²) >= 11 is 1.47. The van der Waals surface area contributed by atoms with E-state index in [0.717, 1.165) is 21.5 Å². The maximum atomic E-state index is 14.0. The smallest absolute Gasteiger partial charge is 0.335 e. The number of aromatic nitrogens is 1. The molecule has 0 aliphatic heterocycles. The normalized spacial score (nSPS) is 11.1. The molecule has 2 aromatic heterocycles. The van der Waals surface area contributed by atoms with Crippen LogP contribution in [0, 0.1) is 11.6 Å². The van der Waals surface area contributed by atoms with Gasteiger partial charge in [-0.05, 0) is 35.7 Å². The molecular formula is C18H10F2N2O2S. The van der Waals surface area contributed by atoms with Crippen LogP contribution in [0.25, 0.3) is 21.0 Å². The number of rotatable bonds is 3. The third kappa shape index (κ3) is 2.58. The van der Waals surface area contributed by atoms with Gasteiger partial charge in [-0.1, -0.05) is 12.1 Å². The molecule has 0 saturated carbocycles. The number of halogens is 2. The van der Waals surface area contributed by atoms with Crippen LogP contribution < -0.4 is 5.32 Å². The third-order valence-electron chi connectivity index (χ3n) is 3.85. The fourth-order valence-corrected chi connectivity index (χ4v) is 3.59. The molecule has 7 heteroatoms. The summed E-state index contributed by atoms with van der Waals surface area (Å²) in [6.07, 6.45) is 0. The Labute approximate surface area is 144 Å². The zero-order chi connectivity index (χ0) is 17.6. The van der Waals surface area contributed by atoms with Crippen LogP contribution in [-0.4, -0.2) is 16.1 Å². The van der Waals surface area contributed by atoms with Crippen molar-refractivity contribution in [3.63, 3.8) is 0 Å². The highest BCUT2D eigenvalue weighted by Gasteiger charge is 2.14. The molecule has 0 atom stereocenters. The van der Waals surface area contributed by atoms with E-state index in [2.05, 4.69) is 10.3 Å². The van der Waals surface area contributed by atoms with Crippen LogP contribution in [0.1, 0.15) is 10.4 Å². The fraction of sp³-hybridized carbons (Fsp3) is 0. The second kappa shape index (κ2) is 5.78. The molecule has 124 valence electrons. The van der Waals surface area contributed by atoms with Crippen molar-refractivity contribution >= 4 is 49.8 Å². The number of anilines is 2. The molecule has 0 saturated heterocycles. The fourth-order valence-electron chi connectivity index (χ4n) is 2.66. The van der Waals surface area contributed by atoms with Crippen molar-refractivity contribution in [3.05, 3.63) is 65.0 Å².